The number of ether oxygens (including phenoxy) is 2. The molecule has 0 saturated heterocycles. The fourth-order valence-electron chi connectivity index (χ4n) is 2.47. The van der Waals surface area contributed by atoms with Crippen molar-refractivity contribution in [3.05, 3.63) is 24.3 Å². The highest BCUT2D eigenvalue weighted by Crippen LogP contribution is 2.41. The van der Waals surface area contributed by atoms with Crippen molar-refractivity contribution < 1.29 is 14.3 Å². The van der Waals surface area contributed by atoms with Crippen LogP contribution in [0.1, 0.15) is 20.3 Å². The fourth-order valence-corrected chi connectivity index (χ4v) is 2.47. The molecule has 1 aliphatic heterocycles. The summed E-state index contributed by atoms with van der Waals surface area (Å²) in [6, 6.07) is 3.47. The van der Waals surface area contributed by atoms with Gasteiger partial charge in [-0.3, -0.25) is 4.79 Å². The monoisotopic (exact) mass is 290 g/mol. The van der Waals surface area contributed by atoms with Crippen LogP contribution in [0.3, 0.4) is 0 Å². The summed E-state index contributed by atoms with van der Waals surface area (Å²) in [6.07, 6.45) is 0.722. The van der Waals surface area contributed by atoms with Crippen LogP contribution in [0.15, 0.2) is 24.3 Å². The average Bonchev–Trinajstić information content (AvgIpc) is 2.48. The Morgan fingerprint density at radius 1 is 1.33 bits per heavy atom. The summed E-state index contributed by atoms with van der Waals surface area (Å²) in [5.41, 5.74) is 2.60. The third-order valence-corrected chi connectivity index (χ3v) is 3.52. The molecule has 5 heteroatoms. The minimum atomic E-state index is -0.227. The van der Waals surface area contributed by atoms with Gasteiger partial charge in [0.1, 0.15) is 6.04 Å². The number of hydrogen-bond acceptors (Lipinski definition) is 4. The quantitative estimate of drug-likeness (QED) is 0.847. The maximum Gasteiger partial charge on any atom is 0.249 e. The third kappa shape index (κ3) is 2.82. The Labute approximate surface area is 125 Å². The lowest BCUT2D eigenvalue weighted by Gasteiger charge is -2.35. The van der Waals surface area contributed by atoms with E-state index in [1.807, 2.05) is 26.0 Å². The summed E-state index contributed by atoms with van der Waals surface area (Å²) >= 11 is 0. The summed E-state index contributed by atoms with van der Waals surface area (Å²) in [7, 11) is 3.18. The van der Waals surface area contributed by atoms with Gasteiger partial charge in [0.25, 0.3) is 0 Å². The predicted molar refractivity (Wildman–Crippen MR) is 84.4 cm³/mol. The zero-order chi connectivity index (χ0) is 15.6. The van der Waals surface area contributed by atoms with Crippen molar-refractivity contribution in [1.82, 2.24) is 0 Å². The van der Waals surface area contributed by atoms with Crippen LogP contribution < -0.4 is 19.7 Å². The number of benzene rings is 1. The largest absolute Gasteiger partial charge is 0.493 e. The first-order valence-corrected chi connectivity index (χ1v) is 7.00. The van der Waals surface area contributed by atoms with E-state index in [1.165, 1.54) is 0 Å². The first kappa shape index (κ1) is 15.2. The molecule has 1 unspecified atom stereocenters. The van der Waals surface area contributed by atoms with Gasteiger partial charge >= 0.3 is 0 Å². The Hall–Kier alpha value is -2.17. The van der Waals surface area contributed by atoms with Gasteiger partial charge in [-0.1, -0.05) is 19.1 Å². The number of carbonyl (C=O) groups is 1. The zero-order valence-electron chi connectivity index (χ0n) is 13.0. The van der Waals surface area contributed by atoms with Crippen LogP contribution in [0.2, 0.25) is 0 Å². The van der Waals surface area contributed by atoms with Gasteiger partial charge in [0, 0.05) is 18.7 Å². The van der Waals surface area contributed by atoms with E-state index in [2.05, 4.69) is 11.9 Å². The predicted octanol–water partition coefficient (Wildman–Crippen LogP) is 2.82. The zero-order valence-corrected chi connectivity index (χ0v) is 13.0. The summed E-state index contributed by atoms with van der Waals surface area (Å²) in [6.45, 7) is 8.31. The highest BCUT2D eigenvalue weighted by atomic mass is 16.5. The molecule has 1 N–H and O–H groups in total. The number of carbonyl (C=O) groups excluding carboxylic acids is 1. The van der Waals surface area contributed by atoms with E-state index < -0.39 is 0 Å². The molecule has 1 aromatic rings. The second-order valence-corrected chi connectivity index (χ2v) is 5.21. The Morgan fingerprint density at radius 3 is 2.48 bits per heavy atom. The lowest BCUT2D eigenvalue weighted by molar-refractivity contribution is -0.119. The molecule has 1 amide bonds. The van der Waals surface area contributed by atoms with Gasteiger partial charge in [0.05, 0.1) is 25.6 Å². The van der Waals surface area contributed by atoms with Gasteiger partial charge < -0.3 is 19.7 Å². The molecule has 1 aliphatic rings. The molecular weight excluding hydrogens is 268 g/mol. The Kier molecular flexibility index (Phi) is 4.40. The van der Waals surface area contributed by atoms with Crippen LogP contribution in [0.25, 0.3) is 0 Å². The number of methoxy groups -OCH3 is 2. The normalized spacial score (nSPS) is 17.0. The van der Waals surface area contributed by atoms with E-state index in [9.17, 15) is 4.79 Å². The van der Waals surface area contributed by atoms with Crippen molar-refractivity contribution in [2.24, 2.45) is 0 Å². The van der Waals surface area contributed by atoms with Gasteiger partial charge in [-0.25, -0.2) is 0 Å². The smallest absolute Gasteiger partial charge is 0.249 e. The highest BCUT2D eigenvalue weighted by molar-refractivity contribution is 6.05. The second-order valence-electron chi connectivity index (χ2n) is 5.21. The summed E-state index contributed by atoms with van der Waals surface area (Å²) in [5.74, 6) is 1.30. The maximum atomic E-state index is 12.6. The van der Waals surface area contributed by atoms with Crippen molar-refractivity contribution >= 4 is 17.3 Å². The number of amides is 1. The van der Waals surface area contributed by atoms with E-state index in [-0.39, 0.29) is 11.9 Å². The molecular formula is C16H22N2O3. The summed E-state index contributed by atoms with van der Waals surface area (Å²) in [5, 5.41) is 3.27. The Morgan fingerprint density at radius 2 is 1.95 bits per heavy atom. The molecule has 0 spiro atoms. The van der Waals surface area contributed by atoms with Gasteiger partial charge in [-0.2, -0.15) is 0 Å². The number of anilines is 2. The standard InChI is InChI=1S/C16H22N2O3/c1-6-11-16(19)18(9-10(2)3)13-8-15(21-5)14(20-4)7-12(13)17-11/h7-8,11,17H,2,6,9H2,1,3-5H3. The number of hydrogen-bond donors (Lipinski definition) is 1. The fraction of sp³-hybridized carbons (Fsp3) is 0.438. The summed E-state index contributed by atoms with van der Waals surface area (Å²) < 4.78 is 10.7. The molecule has 0 fully saturated rings. The van der Waals surface area contributed by atoms with Crippen molar-refractivity contribution in [2.45, 2.75) is 26.3 Å². The van der Waals surface area contributed by atoms with Crippen LogP contribution in [-0.2, 0) is 4.79 Å². The third-order valence-electron chi connectivity index (χ3n) is 3.52. The summed E-state index contributed by atoms with van der Waals surface area (Å²) in [4.78, 5) is 14.3. The Bertz CT molecular complexity index is 569. The molecule has 21 heavy (non-hydrogen) atoms. The van der Waals surface area contributed by atoms with Gasteiger partial charge in [0.15, 0.2) is 11.5 Å². The number of fused-ring (bicyclic) bond motifs is 1. The van der Waals surface area contributed by atoms with Crippen molar-refractivity contribution in [3.63, 3.8) is 0 Å². The van der Waals surface area contributed by atoms with Crippen LogP contribution in [-0.4, -0.2) is 32.7 Å². The molecule has 1 heterocycles. The van der Waals surface area contributed by atoms with Crippen molar-refractivity contribution in [2.75, 3.05) is 31.0 Å². The molecule has 0 aromatic heterocycles. The molecule has 1 aromatic carbocycles. The van der Waals surface area contributed by atoms with Crippen molar-refractivity contribution in [1.29, 1.82) is 0 Å². The van der Waals surface area contributed by atoms with Crippen molar-refractivity contribution in [3.8, 4) is 11.5 Å². The lowest BCUT2D eigenvalue weighted by atomic mass is 10.1. The van der Waals surface area contributed by atoms with Crippen LogP contribution >= 0.6 is 0 Å². The maximum absolute atomic E-state index is 12.6. The lowest BCUT2D eigenvalue weighted by Crippen LogP contribution is -2.47. The van der Waals surface area contributed by atoms with E-state index in [0.29, 0.717) is 18.0 Å². The van der Waals surface area contributed by atoms with Gasteiger partial charge in [-0.05, 0) is 13.3 Å². The molecule has 114 valence electrons. The molecule has 0 saturated carbocycles. The highest BCUT2D eigenvalue weighted by Gasteiger charge is 2.32. The van der Waals surface area contributed by atoms with Gasteiger partial charge in [0.2, 0.25) is 5.91 Å². The van der Waals surface area contributed by atoms with E-state index in [4.69, 9.17) is 9.47 Å². The van der Waals surface area contributed by atoms with E-state index >= 15 is 0 Å². The first-order chi connectivity index (χ1) is 10.0. The van der Waals surface area contributed by atoms with Crippen LogP contribution in [0.5, 0.6) is 11.5 Å². The van der Waals surface area contributed by atoms with E-state index in [0.717, 1.165) is 23.4 Å². The minimum Gasteiger partial charge on any atom is -0.493 e. The minimum absolute atomic E-state index is 0.0558. The molecule has 2 rings (SSSR count). The molecule has 5 nitrogen and oxygen atoms in total. The van der Waals surface area contributed by atoms with Gasteiger partial charge in [-0.15, -0.1) is 0 Å². The number of nitrogens with zero attached hydrogens (tertiary/aromatic N) is 1. The average molecular weight is 290 g/mol. The SMILES string of the molecule is C=C(C)CN1C(=O)C(CC)Nc2cc(OC)c(OC)cc21. The van der Waals surface area contributed by atoms with Crippen LogP contribution in [0, 0.1) is 0 Å². The number of nitrogens with one attached hydrogen (secondary N) is 1. The Balaban J connectivity index is 2.53. The molecule has 1 atom stereocenters. The second kappa shape index (κ2) is 6.08. The molecule has 0 bridgehead atoms. The molecule has 0 radical (unpaired) electrons. The molecule has 0 aliphatic carbocycles. The first-order valence-electron chi connectivity index (χ1n) is 7.00. The van der Waals surface area contributed by atoms with E-state index in [1.54, 1.807) is 19.1 Å². The topological polar surface area (TPSA) is 50.8 Å². The van der Waals surface area contributed by atoms with Crippen LogP contribution in [0.4, 0.5) is 11.4 Å². The number of rotatable bonds is 5.